The monoisotopic (exact) mass is 499 g/mol. The second-order valence-electron chi connectivity index (χ2n) is 8.73. The van der Waals surface area contributed by atoms with E-state index >= 15 is 0 Å². The van der Waals surface area contributed by atoms with Crippen molar-refractivity contribution in [3.8, 4) is 32.6 Å². The molecular weight excluding hydrogens is 482 g/mol. The molecule has 6 heteroatoms. The van der Waals surface area contributed by atoms with Gasteiger partial charge in [-0.1, -0.05) is 54.6 Å². The molecule has 0 spiro atoms. The standard InChI is InChI=1S/C30H17N3OS2/c1-2-10-19-17(8-1)16-22(31-19)18-9-7-15-25-26(18)27(30-33-21-12-4-6-14-24(21)36-30)28(35-25)29-32-20-11-3-5-13-23(20)34-29/h1-16,31H. The Bertz CT molecular complexity index is 1980. The number of nitrogens with zero attached hydrogens (tertiary/aromatic N) is 2. The van der Waals surface area contributed by atoms with Crippen molar-refractivity contribution in [1.29, 1.82) is 0 Å². The van der Waals surface area contributed by atoms with Crippen molar-refractivity contribution in [2.45, 2.75) is 0 Å². The van der Waals surface area contributed by atoms with Crippen LogP contribution in [-0.4, -0.2) is 15.0 Å². The largest absolute Gasteiger partial charge is 0.435 e. The number of aromatic nitrogens is 3. The molecule has 8 aromatic rings. The first-order valence-electron chi connectivity index (χ1n) is 11.7. The molecule has 0 radical (unpaired) electrons. The van der Waals surface area contributed by atoms with Crippen LogP contribution >= 0.6 is 22.7 Å². The van der Waals surface area contributed by atoms with Crippen LogP contribution in [0.5, 0.6) is 0 Å². The quantitative estimate of drug-likeness (QED) is 0.264. The lowest BCUT2D eigenvalue weighted by Crippen LogP contribution is -1.84. The van der Waals surface area contributed by atoms with E-state index < -0.39 is 0 Å². The second kappa shape index (κ2) is 7.62. The van der Waals surface area contributed by atoms with E-state index in [9.17, 15) is 0 Å². The summed E-state index contributed by atoms with van der Waals surface area (Å²) in [5.41, 5.74) is 7.09. The molecule has 0 atom stereocenters. The lowest BCUT2D eigenvalue weighted by Gasteiger charge is -2.04. The summed E-state index contributed by atoms with van der Waals surface area (Å²) in [6.07, 6.45) is 0. The Morgan fingerprint density at radius 2 is 1.50 bits per heavy atom. The number of hydrogen-bond acceptors (Lipinski definition) is 5. The molecule has 1 N–H and O–H groups in total. The van der Waals surface area contributed by atoms with Crippen molar-refractivity contribution in [3.63, 3.8) is 0 Å². The lowest BCUT2D eigenvalue weighted by molar-refractivity contribution is 0.622. The van der Waals surface area contributed by atoms with Crippen LogP contribution in [0.2, 0.25) is 0 Å². The van der Waals surface area contributed by atoms with E-state index in [0.717, 1.165) is 48.8 Å². The van der Waals surface area contributed by atoms with E-state index in [-0.39, 0.29) is 0 Å². The minimum atomic E-state index is 0.634. The molecule has 4 nitrogen and oxygen atoms in total. The van der Waals surface area contributed by atoms with Crippen molar-refractivity contribution in [2.24, 2.45) is 0 Å². The highest BCUT2D eigenvalue weighted by Gasteiger charge is 2.25. The highest BCUT2D eigenvalue weighted by Crippen LogP contribution is 2.49. The van der Waals surface area contributed by atoms with E-state index in [1.165, 1.54) is 20.2 Å². The fraction of sp³-hybridized carbons (Fsp3) is 0. The van der Waals surface area contributed by atoms with Gasteiger partial charge in [-0.05, 0) is 42.5 Å². The van der Waals surface area contributed by atoms with Crippen LogP contribution in [0.1, 0.15) is 0 Å². The number of thiazole rings is 1. The Balaban J connectivity index is 1.47. The van der Waals surface area contributed by atoms with E-state index in [1.54, 1.807) is 22.7 Å². The predicted molar refractivity (Wildman–Crippen MR) is 151 cm³/mol. The van der Waals surface area contributed by atoms with Crippen LogP contribution in [0.25, 0.3) is 74.9 Å². The Morgan fingerprint density at radius 1 is 0.694 bits per heavy atom. The van der Waals surface area contributed by atoms with Gasteiger partial charge in [0.05, 0.1) is 10.2 Å². The minimum absolute atomic E-state index is 0.634. The fourth-order valence-corrected chi connectivity index (χ4v) is 7.14. The number of para-hydroxylation sites is 4. The normalized spacial score (nSPS) is 11.9. The number of rotatable bonds is 3. The zero-order chi connectivity index (χ0) is 23.6. The molecule has 8 rings (SSSR count). The predicted octanol–water partition coefficient (Wildman–Crippen LogP) is 9.13. The Kier molecular flexibility index (Phi) is 4.23. The molecular formula is C30H17N3OS2. The van der Waals surface area contributed by atoms with Crippen LogP contribution in [-0.2, 0) is 0 Å². The maximum atomic E-state index is 6.28. The summed E-state index contributed by atoms with van der Waals surface area (Å²) in [7, 11) is 0. The Hall–Kier alpha value is -4.26. The molecule has 0 bridgehead atoms. The van der Waals surface area contributed by atoms with Gasteiger partial charge in [0.25, 0.3) is 0 Å². The topological polar surface area (TPSA) is 54.7 Å². The number of fused-ring (bicyclic) bond motifs is 4. The number of thiophene rings is 1. The molecule has 0 amide bonds. The zero-order valence-corrected chi connectivity index (χ0v) is 20.5. The number of H-pyrrole nitrogens is 1. The molecule has 0 unspecified atom stereocenters. The van der Waals surface area contributed by atoms with E-state index in [0.29, 0.717) is 5.89 Å². The SMILES string of the molecule is c1ccc2[nH]c(-c3cccc4sc(-c5nc6ccccc6o5)c(-c5nc6ccccc6s5)c34)cc2c1. The molecule has 36 heavy (non-hydrogen) atoms. The van der Waals surface area contributed by atoms with E-state index in [2.05, 4.69) is 71.7 Å². The first-order valence-corrected chi connectivity index (χ1v) is 13.3. The number of nitrogens with one attached hydrogen (secondary N) is 1. The van der Waals surface area contributed by atoms with Gasteiger partial charge in [-0.2, -0.15) is 0 Å². The van der Waals surface area contributed by atoms with Crippen LogP contribution in [0, 0.1) is 0 Å². The van der Waals surface area contributed by atoms with Gasteiger partial charge in [-0.3, -0.25) is 0 Å². The Morgan fingerprint density at radius 3 is 2.39 bits per heavy atom. The van der Waals surface area contributed by atoms with Crippen molar-refractivity contribution in [3.05, 3.63) is 97.1 Å². The minimum Gasteiger partial charge on any atom is -0.435 e. The van der Waals surface area contributed by atoms with E-state index in [1.807, 2.05) is 30.3 Å². The Labute approximate surface area is 213 Å². The number of benzene rings is 4. The maximum absolute atomic E-state index is 6.28. The molecule has 0 aliphatic carbocycles. The van der Waals surface area contributed by atoms with Gasteiger partial charge in [0.2, 0.25) is 5.89 Å². The van der Waals surface area contributed by atoms with Crippen molar-refractivity contribution in [1.82, 2.24) is 15.0 Å². The summed E-state index contributed by atoms with van der Waals surface area (Å²) in [6, 6.07) is 33.3. The molecule has 4 aromatic carbocycles. The van der Waals surface area contributed by atoms with Crippen molar-refractivity contribution < 1.29 is 4.42 Å². The fourth-order valence-electron chi connectivity index (χ4n) is 4.89. The van der Waals surface area contributed by atoms with Gasteiger partial charge in [-0.25, -0.2) is 9.97 Å². The summed E-state index contributed by atoms with van der Waals surface area (Å²) in [4.78, 5) is 14.6. The summed E-state index contributed by atoms with van der Waals surface area (Å²) in [6.45, 7) is 0. The van der Waals surface area contributed by atoms with Crippen LogP contribution < -0.4 is 0 Å². The highest BCUT2D eigenvalue weighted by atomic mass is 32.1. The average molecular weight is 500 g/mol. The van der Waals surface area contributed by atoms with Gasteiger partial charge in [0.1, 0.15) is 15.4 Å². The van der Waals surface area contributed by atoms with Crippen molar-refractivity contribution in [2.75, 3.05) is 0 Å². The molecule has 0 aliphatic heterocycles. The molecule has 0 aliphatic rings. The summed E-state index contributed by atoms with van der Waals surface area (Å²) >= 11 is 3.42. The van der Waals surface area contributed by atoms with Crippen LogP contribution in [0.4, 0.5) is 0 Å². The lowest BCUT2D eigenvalue weighted by atomic mass is 10.0. The summed E-state index contributed by atoms with van der Waals surface area (Å²) in [5.74, 6) is 0.634. The molecule has 4 aromatic heterocycles. The van der Waals surface area contributed by atoms with Gasteiger partial charge in [0, 0.05) is 37.8 Å². The van der Waals surface area contributed by atoms with E-state index in [4.69, 9.17) is 14.4 Å². The van der Waals surface area contributed by atoms with Gasteiger partial charge in [0.15, 0.2) is 5.58 Å². The molecule has 0 fully saturated rings. The molecule has 170 valence electrons. The zero-order valence-electron chi connectivity index (χ0n) is 18.9. The maximum Gasteiger partial charge on any atom is 0.238 e. The number of hydrogen-bond donors (Lipinski definition) is 1. The average Bonchev–Trinajstić information content (AvgIpc) is 3.69. The third-order valence-corrected chi connectivity index (χ3v) is 8.73. The smallest absolute Gasteiger partial charge is 0.238 e. The summed E-state index contributed by atoms with van der Waals surface area (Å²) < 4.78 is 8.63. The third-order valence-electron chi connectivity index (χ3n) is 6.53. The second-order valence-corrected chi connectivity index (χ2v) is 10.8. The summed E-state index contributed by atoms with van der Waals surface area (Å²) in [5, 5.41) is 3.34. The first kappa shape index (κ1) is 20.0. The van der Waals surface area contributed by atoms with Crippen molar-refractivity contribution >= 4 is 65.0 Å². The number of aromatic amines is 1. The molecule has 0 saturated carbocycles. The third kappa shape index (κ3) is 2.98. The molecule has 4 heterocycles. The number of oxazole rings is 1. The van der Waals surface area contributed by atoms with Gasteiger partial charge >= 0.3 is 0 Å². The van der Waals surface area contributed by atoms with Gasteiger partial charge in [-0.15, -0.1) is 22.7 Å². The first-order chi connectivity index (χ1) is 17.8. The van der Waals surface area contributed by atoms with Crippen LogP contribution in [0.15, 0.2) is 101 Å². The van der Waals surface area contributed by atoms with Gasteiger partial charge < -0.3 is 9.40 Å². The molecule has 0 saturated heterocycles. The highest BCUT2D eigenvalue weighted by molar-refractivity contribution is 7.25. The van der Waals surface area contributed by atoms with Crippen LogP contribution in [0.3, 0.4) is 0 Å².